The van der Waals surface area contributed by atoms with E-state index in [4.69, 9.17) is 5.73 Å². The number of anilines is 1. The van der Waals surface area contributed by atoms with Crippen LogP contribution < -0.4 is 10.6 Å². The van der Waals surface area contributed by atoms with Crippen LogP contribution in [0.3, 0.4) is 0 Å². The average Bonchev–Trinajstić information content (AvgIpc) is 2.40. The van der Waals surface area contributed by atoms with E-state index < -0.39 is 0 Å². The highest BCUT2D eigenvalue weighted by molar-refractivity contribution is 5.54. The van der Waals surface area contributed by atoms with Gasteiger partial charge in [0.1, 0.15) is 0 Å². The van der Waals surface area contributed by atoms with Gasteiger partial charge in [0.15, 0.2) is 0 Å². The minimum atomic E-state index is 0.736. The van der Waals surface area contributed by atoms with E-state index in [9.17, 15) is 0 Å². The minimum absolute atomic E-state index is 0.736. The Balaban J connectivity index is 2.05. The van der Waals surface area contributed by atoms with E-state index in [0.717, 1.165) is 24.8 Å². The molecule has 2 rings (SSSR count). The first-order chi connectivity index (χ1) is 8.72. The van der Waals surface area contributed by atoms with Gasteiger partial charge in [0.25, 0.3) is 0 Å². The summed E-state index contributed by atoms with van der Waals surface area (Å²) < 4.78 is 0. The van der Waals surface area contributed by atoms with Crippen LogP contribution in [0.25, 0.3) is 0 Å². The van der Waals surface area contributed by atoms with E-state index >= 15 is 0 Å². The van der Waals surface area contributed by atoms with Crippen molar-refractivity contribution in [2.75, 3.05) is 24.5 Å². The number of para-hydroxylation sites is 1. The summed E-state index contributed by atoms with van der Waals surface area (Å²) in [6.07, 6.45) is 3.64. The van der Waals surface area contributed by atoms with Gasteiger partial charge in [0, 0.05) is 18.8 Å². The van der Waals surface area contributed by atoms with Crippen LogP contribution in [0.1, 0.15) is 32.3 Å². The standard InChI is InChI=1S/C16H26N2/c1-13(2)14-8-11-18(12-9-14)16-6-4-3-5-15(16)7-10-17/h3-6,13-14H,7-12,17H2,1-2H3. The molecule has 0 saturated carbocycles. The third-order valence-electron chi connectivity index (χ3n) is 4.23. The highest BCUT2D eigenvalue weighted by Crippen LogP contribution is 2.29. The molecule has 1 aliphatic heterocycles. The monoisotopic (exact) mass is 246 g/mol. The third kappa shape index (κ3) is 3.05. The molecule has 0 spiro atoms. The zero-order chi connectivity index (χ0) is 13.0. The summed E-state index contributed by atoms with van der Waals surface area (Å²) in [6, 6.07) is 8.73. The number of hydrogen-bond acceptors (Lipinski definition) is 2. The number of nitrogens with two attached hydrogens (primary N) is 1. The van der Waals surface area contributed by atoms with Crippen LogP contribution in [-0.2, 0) is 6.42 Å². The molecule has 1 saturated heterocycles. The highest BCUT2D eigenvalue weighted by Gasteiger charge is 2.22. The molecule has 0 aromatic heterocycles. The number of piperidine rings is 1. The quantitative estimate of drug-likeness (QED) is 0.884. The summed E-state index contributed by atoms with van der Waals surface area (Å²) in [4.78, 5) is 2.55. The van der Waals surface area contributed by atoms with Crippen LogP contribution in [0, 0.1) is 11.8 Å². The van der Waals surface area contributed by atoms with Crippen molar-refractivity contribution >= 4 is 5.69 Å². The maximum atomic E-state index is 5.70. The van der Waals surface area contributed by atoms with Crippen LogP contribution in [0.5, 0.6) is 0 Å². The van der Waals surface area contributed by atoms with E-state index in [1.165, 1.54) is 37.2 Å². The van der Waals surface area contributed by atoms with Crippen LogP contribution >= 0.6 is 0 Å². The second kappa shape index (κ2) is 6.24. The van der Waals surface area contributed by atoms with E-state index in [-0.39, 0.29) is 0 Å². The number of benzene rings is 1. The number of hydrogen-bond donors (Lipinski definition) is 1. The van der Waals surface area contributed by atoms with Gasteiger partial charge in [-0.3, -0.25) is 0 Å². The van der Waals surface area contributed by atoms with Gasteiger partial charge in [0.05, 0.1) is 0 Å². The smallest absolute Gasteiger partial charge is 0.0399 e. The second-order valence-electron chi connectivity index (χ2n) is 5.74. The van der Waals surface area contributed by atoms with E-state index in [0.29, 0.717) is 0 Å². The van der Waals surface area contributed by atoms with E-state index in [1.54, 1.807) is 0 Å². The topological polar surface area (TPSA) is 29.3 Å². The molecule has 2 nitrogen and oxygen atoms in total. The Morgan fingerprint density at radius 1 is 1.22 bits per heavy atom. The largest absolute Gasteiger partial charge is 0.371 e. The molecule has 1 aliphatic rings. The van der Waals surface area contributed by atoms with Crippen molar-refractivity contribution in [1.82, 2.24) is 0 Å². The molecule has 0 bridgehead atoms. The zero-order valence-corrected chi connectivity index (χ0v) is 11.7. The Bertz CT molecular complexity index is 365. The Hall–Kier alpha value is -1.02. The molecule has 1 aromatic rings. The predicted molar refractivity (Wildman–Crippen MR) is 79.0 cm³/mol. The van der Waals surface area contributed by atoms with Gasteiger partial charge in [-0.15, -0.1) is 0 Å². The normalized spacial score (nSPS) is 17.4. The summed E-state index contributed by atoms with van der Waals surface area (Å²) >= 11 is 0. The third-order valence-corrected chi connectivity index (χ3v) is 4.23. The summed E-state index contributed by atoms with van der Waals surface area (Å²) in [5.41, 5.74) is 8.52. The van der Waals surface area contributed by atoms with Crippen molar-refractivity contribution < 1.29 is 0 Å². The summed E-state index contributed by atoms with van der Waals surface area (Å²) in [5.74, 6) is 1.73. The molecule has 0 aliphatic carbocycles. The maximum Gasteiger partial charge on any atom is 0.0399 e. The van der Waals surface area contributed by atoms with Crippen LogP contribution in [0.15, 0.2) is 24.3 Å². The summed E-state index contributed by atoms with van der Waals surface area (Å²) in [5, 5.41) is 0. The first kappa shape index (κ1) is 13.4. The molecule has 0 unspecified atom stereocenters. The van der Waals surface area contributed by atoms with Gasteiger partial charge in [-0.25, -0.2) is 0 Å². The number of nitrogens with zero attached hydrogens (tertiary/aromatic N) is 1. The van der Waals surface area contributed by atoms with Crippen LogP contribution in [0.2, 0.25) is 0 Å². The predicted octanol–water partition coefficient (Wildman–Crippen LogP) is 3.06. The van der Waals surface area contributed by atoms with Gasteiger partial charge in [-0.1, -0.05) is 32.0 Å². The molecular weight excluding hydrogens is 220 g/mol. The second-order valence-corrected chi connectivity index (χ2v) is 5.74. The first-order valence-electron chi connectivity index (χ1n) is 7.25. The molecule has 2 N–H and O–H groups in total. The van der Waals surface area contributed by atoms with Crippen molar-refractivity contribution in [2.45, 2.75) is 33.1 Å². The van der Waals surface area contributed by atoms with Crippen molar-refractivity contribution in [1.29, 1.82) is 0 Å². The lowest BCUT2D eigenvalue weighted by atomic mass is 9.86. The minimum Gasteiger partial charge on any atom is -0.371 e. The van der Waals surface area contributed by atoms with Gasteiger partial charge in [0.2, 0.25) is 0 Å². The fourth-order valence-electron chi connectivity index (χ4n) is 2.99. The van der Waals surface area contributed by atoms with E-state index in [1.807, 2.05) is 0 Å². The highest BCUT2D eigenvalue weighted by atomic mass is 15.1. The molecule has 0 atom stereocenters. The van der Waals surface area contributed by atoms with Gasteiger partial charge in [-0.2, -0.15) is 0 Å². The molecule has 100 valence electrons. The van der Waals surface area contributed by atoms with Gasteiger partial charge < -0.3 is 10.6 Å². The molecule has 18 heavy (non-hydrogen) atoms. The van der Waals surface area contributed by atoms with Crippen molar-refractivity contribution in [3.63, 3.8) is 0 Å². The molecule has 1 aromatic carbocycles. The molecule has 1 fully saturated rings. The Morgan fingerprint density at radius 3 is 2.50 bits per heavy atom. The maximum absolute atomic E-state index is 5.70. The van der Waals surface area contributed by atoms with Gasteiger partial charge >= 0.3 is 0 Å². The first-order valence-corrected chi connectivity index (χ1v) is 7.25. The zero-order valence-electron chi connectivity index (χ0n) is 11.7. The molecular formula is C16H26N2. The van der Waals surface area contributed by atoms with Crippen molar-refractivity contribution in [3.05, 3.63) is 29.8 Å². The number of rotatable bonds is 4. The summed E-state index contributed by atoms with van der Waals surface area (Å²) in [7, 11) is 0. The SMILES string of the molecule is CC(C)C1CCN(c2ccccc2CCN)CC1. The lowest BCUT2D eigenvalue weighted by Crippen LogP contribution is -2.35. The van der Waals surface area contributed by atoms with Crippen LogP contribution in [-0.4, -0.2) is 19.6 Å². The summed E-state index contributed by atoms with van der Waals surface area (Å²) in [6.45, 7) is 7.83. The molecule has 0 amide bonds. The average molecular weight is 246 g/mol. The van der Waals surface area contributed by atoms with Gasteiger partial charge in [-0.05, 0) is 49.3 Å². The Morgan fingerprint density at radius 2 is 1.89 bits per heavy atom. The fraction of sp³-hybridized carbons (Fsp3) is 0.625. The lowest BCUT2D eigenvalue weighted by molar-refractivity contribution is 0.311. The molecule has 1 heterocycles. The Labute approximate surface area is 111 Å². The fourth-order valence-corrected chi connectivity index (χ4v) is 2.99. The molecule has 2 heteroatoms. The van der Waals surface area contributed by atoms with Crippen molar-refractivity contribution in [2.24, 2.45) is 17.6 Å². The Kier molecular flexibility index (Phi) is 4.65. The lowest BCUT2D eigenvalue weighted by Gasteiger charge is -2.36. The van der Waals surface area contributed by atoms with E-state index in [2.05, 4.69) is 43.0 Å². The van der Waals surface area contributed by atoms with Crippen molar-refractivity contribution in [3.8, 4) is 0 Å². The van der Waals surface area contributed by atoms with Crippen LogP contribution in [0.4, 0.5) is 5.69 Å². The molecule has 0 radical (unpaired) electrons.